The zero-order valence-corrected chi connectivity index (χ0v) is 49.3. The van der Waals surface area contributed by atoms with E-state index in [1.165, 1.54) is 173 Å². The summed E-state index contributed by atoms with van der Waals surface area (Å²) in [6.07, 6.45) is 77.0. The first kappa shape index (κ1) is 70.7. The predicted molar refractivity (Wildman–Crippen MR) is 318 cm³/mol. The lowest BCUT2D eigenvalue weighted by Crippen LogP contribution is -2.45. The van der Waals surface area contributed by atoms with Gasteiger partial charge in [0.1, 0.15) is 13.2 Å². The molecule has 0 aromatic heterocycles. The van der Waals surface area contributed by atoms with Crippen molar-refractivity contribution in [2.75, 3.05) is 40.9 Å². The molecule has 0 saturated carbocycles. The summed E-state index contributed by atoms with van der Waals surface area (Å²) in [5.41, 5.74) is 0. The molecule has 0 aromatic rings. The second-order valence-corrected chi connectivity index (χ2v) is 23.1. The maximum absolute atomic E-state index is 13.0. The van der Waals surface area contributed by atoms with E-state index in [-0.39, 0.29) is 19.1 Å². The fourth-order valence-corrected chi connectivity index (χ4v) is 9.35. The standard InChI is InChI=1S/C64H117N2O6P/c1-6-8-10-12-14-16-18-20-22-24-26-27-28-29-30-31-32-33-34-35-36-37-38-39-40-42-44-46-48-50-52-54-56-58-64(68)65-62(61-72-73(69,70)71-60-59-66(3,4)5)63(67)57-55-53-51-49-47-45-43-41-25-23-21-19-17-15-13-11-9-7-2/h8,10,14,16,20,22,26-27,29-30,47,49,55,57,62-63,67H,6-7,9,11-13,15,17-19,21,23-25,28,31-46,48,50-54,56,58-61H2,1-5H3,(H-,65,68,69,70)/p+1/b10-8-,16-14-,22-20-,27-26-,30-29-,49-47+,57-55+. The number of nitrogens with zero attached hydrogens (tertiary/aromatic N) is 1. The number of carbonyl (C=O) groups is 1. The molecule has 73 heavy (non-hydrogen) atoms. The number of phosphoric ester groups is 1. The van der Waals surface area contributed by atoms with Gasteiger partial charge in [0.2, 0.25) is 5.91 Å². The average Bonchev–Trinajstić information content (AvgIpc) is 3.35. The molecule has 3 N–H and O–H groups in total. The van der Waals surface area contributed by atoms with Crippen molar-refractivity contribution < 1.29 is 32.9 Å². The molecule has 0 aliphatic carbocycles. The molecule has 424 valence electrons. The number of rotatable bonds is 55. The summed E-state index contributed by atoms with van der Waals surface area (Å²) in [6.45, 7) is 4.70. The number of hydrogen-bond donors (Lipinski definition) is 3. The van der Waals surface area contributed by atoms with Gasteiger partial charge in [-0.1, -0.05) is 266 Å². The van der Waals surface area contributed by atoms with Crippen LogP contribution in [0.3, 0.4) is 0 Å². The Morgan fingerprint density at radius 2 is 0.836 bits per heavy atom. The minimum Gasteiger partial charge on any atom is -0.387 e. The molecule has 0 aliphatic heterocycles. The topological polar surface area (TPSA) is 105 Å². The van der Waals surface area contributed by atoms with E-state index in [0.29, 0.717) is 17.4 Å². The third kappa shape index (κ3) is 57.2. The number of aliphatic hydroxyl groups is 1. The number of carbonyl (C=O) groups excluding carboxylic acids is 1. The van der Waals surface area contributed by atoms with Crippen molar-refractivity contribution in [1.82, 2.24) is 5.32 Å². The van der Waals surface area contributed by atoms with Gasteiger partial charge in [-0.3, -0.25) is 13.8 Å². The van der Waals surface area contributed by atoms with Crippen molar-refractivity contribution in [2.45, 2.75) is 276 Å². The SMILES string of the molecule is CC/C=C\C/C=C\C/C=C\C/C=C\C/C=C\CCCCCCCCCCCCCCCCCCCC(=O)NC(COP(=O)(O)OCC[N+](C)(C)C)C(O)/C=C/CC/C=C/CCCCCCCCCCCCCC. The summed E-state index contributed by atoms with van der Waals surface area (Å²) >= 11 is 0. The Hall–Kier alpha value is -2.32. The Labute approximate surface area is 452 Å². The molecular weight excluding hydrogens is 924 g/mol. The van der Waals surface area contributed by atoms with Crippen molar-refractivity contribution in [3.8, 4) is 0 Å². The Kier molecular flexibility index (Phi) is 52.7. The van der Waals surface area contributed by atoms with Gasteiger partial charge in [0.15, 0.2) is 0 Å². The van der Waals surface area contributed by atoms with E-state index in [2.05, 4.69) is 92.1 Å². The third-order valence-electron chi connectivity index (χ3n) is 13.3. The van der Waals surface area contributed by atoms with Crippen molar-refractivity contribution in [3.63, 3.8) is 0 Å². The predicted octanol–water partition coefficient (Wildman–Crippen LogP) is 18.8. The maximum atomic E-state index is 13.0. The highest BCUT2D eigenvalue weighted by Gasteiger charge is 2.27. The number of quaternary nitrogens is 1. The van der Waals surface area contributed by atoms with E-state index in [1.54, 1.807) is 6.08 Å². The monoisotopic (exact) mass is 1040 g/mol. The molecule has 8 nitrogen and oxygen atoms in total. The number of phosphoric acid groups is 1. The normalized spacial score (nSPS) is 14.5. The van der Waals surface area contributed by atoms with Crippen LogP contribution in [0.25, 0.3) is 0 Å². The number of amides is 1. The fourth-order valence-electron chi connectivity index (χ4n) is 8.62. The van der Waals surface area contributed by atoms with E-state index in [0.717, 1.165) is 70.6 Å². The van der Waals surface area contributed by atoms with Gasteiger partial charge in [-0.25, -0.2) is 4.57 Å². The number of likely N-dealkylation sites (N-methyl/N-ethyl adjacent to an activating group) is 1. The number of allylic oxidation sites excluding steroid dienone is 13. The van der Waals surface area contributed by atoms with Crippen LogP contribution in [0.1, 0.15) is 264 Å². The highest BCUT2D eigenvalue weighted by Crippen LogP contribution is 2.43. The van der Waals surface area contributed by atoms with Crippen LogP contribution in [-0.4, -0.2) is 73.4 Å². The first-order chi connectivity index (χ1) is 35.5. The number of hydrogen-bond acceptors (Lipinski definition) is 5. The summed E-state index contributed by atoms with van der Waals surface area (Å²) < 4.78 is 23.7. The van der Waals surface area contributed by atoms with Crippen LogP contribution in [0.15, 0.2) is 85.1 Å². The molecule has 0 fully saturated rings. The van der Waals surface area contributed by atoms with Gasteiger partial charge in [-0.15, -0.1) is 0 Å². The van der Waals surface area contributed by atoms with Gasteiger partial charge in [-0.2, -0.15) is 0 Å². The Morgan fingerprint density at radius 3 is 1.26 bits per heavy atom. The Balaban J connectivity index is 4.12. The van der Waals surface area contributed by atoms with Crippen LogP contribution in [0.5, 0.6) is 0 Å². The molecule has 0 aromatic carbocycles. The smallest absolute Gasteiger partial charge is 0.387 e. The van der Waals surface area contributed by atoms with E-state index in [1.807, 2.05) is 27.2 Å². The van der Waals surface area contributed by atoms with Crippen LogP contribution in [0, 0.1) is 0 Å². The average molecular weight is 1040 g/mol. The van der Waals surface area contributed by atoms with E-state index >= 15 is 0 Å². The third-order valence-corrected chi connectivity index (χ3v) is 14.3. The van der Waals surface area contributed by atoms with Gasteiger partial charge in [-0.05, 0) is 77.0 Å². The van der Waals surface area contributed by atoms with E-state index < -0.39 is 20.0 Å². The van der Waals surface area contributed by atoms with E-state index in [9.17, 15) is 19.4 Å². The number of unbranched alkanes of at least 4 members (excludes halogenated alkanes) is 30. The van der Waals surface area contributed by atoms with Gasteiger partial charge < -0.3 is 19.8 Å². The molecule has 1 amide bonds. The zero-order chi connectivity index (χ0) is 53.5. The largest absolute Gasteiger partial charge is 0.472 e. The second kappa shape index (κ2) is 54.5. The van der Waals surface area contributed by atoms with Crippen LogP contribution >= 0.6 is 7.82 Å². The number of nitrogens with one attached hydrogen (secondary N) is 1. The van der Waals surface area contributed by atoms with Crippen molar-refractivity contribution in [3.05, 3.63) is 85.1 Å². The van der Waals surface area contributed by atoms with Crippen molar-refractivity contribution in [2.24, 2.45) is 0 Å². The Bertz CT molecular complexity index is 1460. The Morgan fingerprint density at radius 1 is 0.479 bits per heavy atom. The van der Waals surface area contributed by atoms with E-state index in [4.69, 9.17) is 9.05 Å². The molecule has 0 heterocycles. The molecule has 3 unspecified atom stereocenters. The molecule has 0 spiro atoms. The first-order valence-electron chi connectivity index (χ1n) is 30.5. The van der Waals surface area contributed by atoms with Crippen LogP contribution in [0.4, 0.5) is 0 Å². The zero-order valence-electron chi connectivity index (χ0n) is 48.4. The summed E-state index contributed by atoms with van der Waals surface area (Å²) in [5, 5.41) is 13.9. The van der Waals surface area contributed by atoms with Crippen LogP contribution in [-0.2, 0) is 18.4 Å². The van der Waals surface area contributed by atoms with Crippen LogP contribution in [0.2, 0.25) is 0 Å². The highest BCUT2D eigenvalue weighted by molar-refractivity contribution is 7.47. The van der Waals surface area contributed by atoms with Crippen LogP contribution < -0.4 is 5.32 Å². The quantitative estimate of drug-likeness (QED) is 0.0243. The molecular formula is C64H118N2O6P+. The highest BCUT2D eigenvalue weighted by atomic mass is 31.2. The molecule has 0 bridgehead atoms. The summed E-state index contributed by atoms with van der Waals surface area (Å²) in [4.78, 5) is 23.3. The summed E-state index contributed by atoms with van der Waals surface area (Å²) in [6, 6.07) is -0.867. The number of aliphatic hydroxyl groups excluding tert-OH is 1. The lowest BCUT2D eigenvalue weighted by Gasteiger charge is -2.25. The van der Waals surface area contributed by atoms with Crippen molar-refractivity contribution >= 4 is 13.7 Å². The molecule has 0 rings (SSSR count). The molecule has 0 saturated heterocycles. The maximum Gasteiger partial charge on any atom is 0.472 e. The van der Waals surface area contributed by atoms with Gasteiger partial charge in [0, 0.05) is 6.42 Å². The second-order valence-electron chi connectivity index (χ2n) is 21.7. The lowest BCUT2D eigenvalue weighted by atomic mass is 10.0. The minimum atomic E-state index is -4.36. The minimum absolute atomic E-state index is 0.0544. The summed E-state index contributed by atoms with van der Waals surface area (Å²) in [5.74, 6) is -0.187. The lowest BCUT2D eigenvalue weighted by molar-refractivity contribution is -0.870. The van der Waals surface area contributed by atoms with Gasteiger partial charge in [0.05, 0.1) is 39.9 Å². The fraction of sp³-hybridized carbons (Fsp3) is 0.766. The molecule has 9 heteroatoms. The molecule has 0 aliphatic rings. The first-order valence-corrected chi connectivity index (χ1v) is 32.0. The molecule has 3 atom stereocenters. The van der Waals surface area contributed by atoms with Gasteiger partial charge in [0.25, 0.3) is 0 Å². The van der Waals surface area contributed by atoms with Gasteiger partial charge >= 0.3 is 7.82 Å². The summed E-state index contributed by atoms with van der Waals surface area (Å²) in [7, 11) is 1.55. The van der Waals surface area contributed by atoms with Crippen molar-refractivity contribution in [1.29, 1.82) is 0 Å². The molecule has 0 radical (unpaired) electrons.